The molecular formula is C15H18N2O3S. The Kier molecular flexibility index (Phi) is 4.67. The normalized spacial score (nSPS) is 13.8. The fourth-order valence-electron chi connectivity index (χ4n) is 2.23. The molecule has 6 heteroatoms. The van der Waals surface area contributed by atoms with Gasteiger partial charge in [0.25, 0.3) is 17.7 Å². The third-order valence-electron chi connectivity index (χ3n) is 3.18. The van der Waals surface area contributed by atoms with E-state index in [0.29, 0.717) is 35.5 Å². The molecule has 0 atom stereocenters. The molecule has 1 aromatic carbocycles. The number of nitrogens with zero attached hydrogens (tertiary/aromatic N) is 1. The van der Waals surface area contributed by atoms with Crippen molar-refractivity contribution in [3.8, 4) is 0 Å². The van der Waals surface area contributed by atoms with Gasteiger partial charge in [-0.05, 0) is 24.1 Å². The van der Waals surface area contributed by atoms with Crippen molar-refractivity contribution < 1.29 is 14.4 Å². The summed E-state index contributed by atoms with van der Waals surface area (Å²) < 4.78 is 0. The van der Waals surface area contributed by atoms with Crippen molar-refractivity contribution in [2.24, 2.45) is 5.92 Å². The highest BCUT2D eigenvalue weighted by Gasteiger charge is 2.36. The van der Waals surface area contributed by atoms with Crippen LogP contribution in [0.25, 0.3) is 0 Å². The Bertz CT molecular complexity index is 599. The summed E-state index contributed by atoms with van der Waals surface area (Å²) in [7, 11) is 0. The molecule has 1 N–H and O–H groups in total. The van der Waals surface area contributed by atoms with Gasteiger partial charge >= 0.3 is 0 Å². The van der Waals surface area contributed by atoms with Gasteiger partial charge in [-0.15, -0.1) is 0 Å². The minimum atomic E-state index is -0.326. The van der Waals surface area contributed by atoms with E-state index in [1.54, 1.807) is 12.1 Å². The zero-order valence-electron chi connectivity index (χ0n) is 12.0. The Balaban J connectivity index is 2.27. The summed E-state index contributed by atoms with van der Waals surface area (Å²) >= 11 is 4.02. The van der Waals surface area contributed by atoms with E-state index in [2.05, 4.69) is 17.9 Å². The maximum absolute atomic E-state index is 12.3. The van der Waals surface area contributed by atoms with Gasteiger partial charge in [-0.3, -0.25) is 19.3 Å². The van der Waals surface area contributed by atoms with Crippen molar-refractivity contribution in [1.82, 2.24) is 10.2 Å². The number of amides is 3. The number of carbonyl (C=O) groups excluding carboxylic acids is 3. The van der Waals surface area contributed by atoms with E-state index < -0.39 is 0 Å². The molecule has 2 rings (SSSR count). The van der Waals surface area contributed by atoms with E-state index in [-0.39, 0.29) is 23.6 Å². The molecule has 1 aromatic rings. The number of hydrogen-bond donors (Lipinski definition) is 2. The zero-order chi connectivity index (χ0) is 15.6. The van der Waals surface area contributed by atoms with Gasteiger partial charge in [-0.25, -0.2) is 0 Å². The number of rotatable bonds is 5. The van der Waals surface area contributed by atoms with E-state index in [1.165, 1.54) is 11.0 Å². The van der Waals surface area contributed by atoms with E-state index in [1.807, 2.05) is 13.8 Å². The van der Waals surface area contributed by atoms with Crippen LogP contribution in [-0.2, 0) is 0 Å². The molecule has 0 unspecified atom stereocenters. The number of imide groups is 1. The van der Waals surface area contributed by atoms with Crippen molar-refractivity contribution >= 4 is 30.4 Å². The van der Waals surface area contributed by atoms with Gasteiger partial charge in [-0.1, -0.05) is 13.8 Å². The highest BCUT2D eigenvalue weighted by atomic mass is 32.1. The summed E-state index contributed by atoms with van der Waals surface area (Å²) in [5.41, 5.74) is 1.05. The summed E-state index contributed by atoms with van der Waals surface area (Å²) in [6.45, 7) is 4.72. The average Bonchev–Trinajstić information content (AvgIpc) is 2.69. The van der Waals surface area contributed by atoms with Crippen molar-refractivity contribution in [2.75, 3.05) is 18.8 Å². The van der Waals surface area contributed by atoms with Gasteiger partial charge in [0.1, 0.15) is 0 Å². The lowest BCUT2D eigenvalue weighted by Crippen LogP contribution is -2.33. The lowest BCUT2D eigenvalue weighted by Gasteiger charge is -2.15. The van der Waals surface area contributed by atoms with E-state index in [0.717, 1.165) is 0 Å². The molecule has 1 aliphatic rings. The van der Waals surface area contributed by atoms with Crippen LogP contribution in [0.5, 0.6) is 0 Å². The molecule has 0 aromatic heterocycles. The molecule has 3 amide bonds. The standard InChI is InChI=1S/C15H18N2O3S/c1-9(2)8-17-14(19)11-4-3-10(7-12(11)15(17)20)13(18)16-5-6-21/h3-4,7,9,21H,5-6,8H2,1-2H3,(H,16,18). The number of carbonyl (C=O) groups is 3. The number of thiol groups is 1. The lowest BCUT2D eigenvalue weighted by molar-refractivity contribution is 0.0636. The van der Waals surface area contributed by atoms with Crippen LogP contribution >= 0.6 is 12.6 Å². The summed E-state index contributed by atoms with van der Waals surface area (Å²) in [5.74, 6) is -0.144. The predicted molar refractivity (Wildman–Crippen MR) is 82.8 cm³/mol. The monoisotopic (exact) mass is 306 g/mol. The molecule has 1 aliphatic heterocycles. The van der Waals surface area contributed by atoms with Crippen molar-refractivity contribution in [3.05, 3.63) is 34.9 Å². The van der Waals surface area contributed by atoms with Crippen LogP contribution in [0.3, 0.4) is 0 Å². The molecule has 5 nitrogen and oxygen atoms in total. The quantitative estimate of drug-likeness (QED) is 0.641. The van der Waals surface area contributed by atoms with Gasteiger partial charge < -0.3 is 5.32 Å². The van der Waals surface area contributed by atoms with Crippen molar-refractivity contribution in [3.63, 3.8) is 0 Å². The topological polar surface area (TPSA) is 66.5 Å². The minimum absolute atomic E-state index is 0.199. The summed E-state index contributed by atoms with van der Waals surface area (Å²) in [4.78, 5) is 37.6. The Labute approximate surface area is 129 Å². The lowest BCUT2D eigenvalue weighted by atomic mass is 10.1. The van der Waals surface area contributed by atoms with E-state index in [9.17, 15) is 14.4 Å². The van der Waals surface area contributed by atoms with Crippen LogP contribution in [0.2, 0.25) is 0 Å². The molecule has 0 fully saturated rings. The summed E-state index contributed by atoms with van der Waals surface area (Å²) in [6.07, 6.45) is 0. The molecule has 21 heavy (non-hydrogen) atoms. The second kappa shape index (κ2) is 6.30. The number of fused-ring (bicyclic) bond motifs is 1. The first-order valence-electron chi connectivity index (χ1n) is 6.85. The number of hydrogen-bond acceptors (Lipinski definition) is 4. The Hall–Kier alpha value is -1.82. The van der Waals surface area contributed by atoms with Gasteiger partial charge in [0.05, 0.1) is 11.1 Å². The first-order valence-corrected chi connectivity index (χ1v) is 7.48. The maximum Gasteiger partial charge on any atom is 0.261 e. The maximum atomic E-state index is 12.3. The van der Waals surface area contributed by atoms with Gasteiger partial charge in [-0.2, -0.15) is 12.6 Å². The number of nitrogens with one attached hydrogen (secondary N) is 1. The van der Waals surface area contributed by atoms with Crippen LogP contribution in [-0.4, -0.2) is 41.5 Å². The second-order valence-electron chi connectivity index (χ2n) is 5.35. The third kappa shape index (κ3) is 3.10. The van der Waals surface area contributed by atoms with Gasteiger partial charge in [0, 0.05) is 24.4 Å². The van der Waals surface area contributed by atoms with Crippen molar-refractivity contribution in [1.29, 1.82) is 0 Å². The highest BCUT2D eigenvalue weighted by molar-refractivity contribution is 7.80. The first-order chi connectivity index (χ1) is 9.95. The SMILES string of the molecule is CC(C)CN1C(=O)c2ccc(C(=O)NCCS)cc2C1=O. The highest BCUT2D eigenvalue weighted by Crippen LogP contribution is 2.24. The van der Waals surface area contributed by atoms with E-state index >= 15 is 0 Å². The molecule has 0 spiro atoms. The minimum Gasteiger partial charge on any atom is -0.351 e. The second-order valence-corrected chi connectivity index (χ2v) is 5.80. The molecule has 0 saturated carbocycles. The van der Waals surface area contributed by atoms with Gasteiger partial charge in [0.2, 0.25) is 0 Å². The van der Waals surface area contributed by atoms with Crippen LogP contribution in [0.4, 0.5) is 0 Å². The van der Waals surface area contributed by atoms with E-state index in [4.69, 9.17) is 0 Å². The molecule has 0 saturated heterocycles. The molecule has 0 bridgehead atoms. The molecular weight excluding hydrogens is 288 g/mol. The fraction of sp³-hybridized carbons (Fsp3) is 0.400. The van der Waals surface area contributed by atoms with Crippen LogP contribution in [0.1, 0.15) is 44.9 Å². The summed E-state index contributed by atoms with van der Waals surface area (Å²) in [6, 6.07) is 4.60. The van der Waals surface area contributed by atoms with Gasteiger partial charge in [0.15, 0.2) is 0 Å². The first kappa shape index (κ1) is 15.6. The van der Waals surface area contributed by atoms with Crippen molar-refractivity contribution in [2.45, 2.75) is 13.8 Å². The van der Waals surface area contributed by atoms with Crippen LogP contribution < -0.4 is 5.32 Å². The molecule has 1 heterocycles. The smallest absolute Gasteiger partial charge is 0.261 e. The number of benzene rings is 1. The van der Waals surface area contributed by atoms with Crippen LogP contribution in [0.15, 0.2) is 18.2 Å². The predicted octanol–water partition coefficient (Wildman–Crippen LogP) is 1.60. The largest absolute Gasteiger partial charge is 0.351 e. The molecule has 112 valence electrons. The Morgan fingerprint density at radius 2 is 1.90 bits per heavy atom. The molecule has 0 aliphatic carbocycles. The fourth-order valence-corrected chi connectivity index (χ4v) is 2.35. The molecule has 0 radical (unpaired) electrons. The zero-order valence-corrected chi connectivity index (χ0v) is 12.9. The summed E-state index contributed by atoms with van der Waals surface area (Å²) in [5, 5.41) is 2.68. The van der Waals surface area contributed by atoms with Crippen LogP contribution in [0, 0.1) is 5.92 Å². The third-order valence-corrected chi connectivity index (χ3v) is 3.40. The Morgan fingerprint density at radius 1 is 1.24 bits per heavy atom. The Morgan fingerprint density at radius 3 is 2.52 bits per heavy atom. The average molecular weight is 306 g/mol.